The average molecular weight is 245 g/mol. The quantitative estimate of drug-likeness (QED) is 0.300. The molecule has 0 aliphatic rings. The number of carboxylic acids is 1. The minimum absolute atomic E-state index is 0. The Bertz CT molecular complexity index is 278. The van der Waals surface area contributed by atoms with Crippen LogP contribution in [0.5, 0.6) is 0 Å². The Balaban J connectivity index is 0. The van der Waals surface area contributed by atoms with Crippen LogP contribution in [-0.4, -0.2) is 11.0 Å². The van der Waals surface area contributed by atoms with Crippen molar-refractivity contribution in [2.45, 2.75) is 6.61 Å². The number of nitrogens with zero attached hydrogens (tertiary/aromatic N) is 1. The fourth-order valence-electron chi connectivity index (χ4n) is 0.699. The molecule has 0 unspecified atom stereocenters. The average Bonchev–Trinajstić information content (AvgIpc) is 2.06. The topological polar surface area (TPSA) is 85.3 Å². The molecule has 14 heavy (non-hydrogen) atoms. The van der Waals surface area contributed by atoms with E-state index in [4.69, 9.17) is 0 Å². The smallest absolute Gasteiger partial charge is 0.723 e. The molecule has 0 radical (unpaired) electrons. The molecule has 0 N–H and O–H groups in total. The van der Waals surface area contributed by atoms with Crippen molar-refractivity contribution in [1.82, 2.24) is 4.98 Å². The number of carbonyl (C=O) groups is 1. The zero-order chi connectivity index (χ0) is 8.97. The summed E-state index contributed by atoms with van der Waals surface area (Å²) in [5, 5.41) is 19.9. The first-order chi connectivity index (χ1) is 5.74. The van der Waals surface area contributed by atoms with Crippen LogP contribution < -0.4 is 113 Å². The molecule has 0 aliphatic carbocycles. The van der Waals surface area contributed by atoms with Gasteiger partial charge in [0.1, 0.15) is 0 Å². The first kappa shape index (κ1) is 18.2. The number of carbonyl (C=O) groups excluding carboxylic acids is 1. The molecular formula is C7H5K2NO4. The summed E-state index contributed by atoms with van der Waals surface area (Å²) in [6, 6.07) is 2.69. The second-order valence-corrected chi connectivity index (χ2v) is 2.10. The van der Waals surface area contributed by atoms with Gasteiger partial charge in [0, 0.05) is 6.20 Å². The second kappa shape index (κ2) is 10.00. The van der Waals surface area contributed by atoms with Crippen molar-refractivity contribution in [3.05, 3.63) is 29.6 Å². The molecule has 1 aromatic heterocycles. The molecule has 7 heteroatoms. The molecule has 0 saturated heterocycles. The zero-order valence-electron chi connectivity index (χ0n) is 8.02. The van der Waals surface area contributed by atoms with Crippen LogP contribution in [0.15, 0.2) is 18.3 Å². The third kappa shape index (κ3) is 6.41. The largest absolute Gasteiger partial charge is 1.00 e. The summed E-state index contributed by atoms with van der Waals surface area (Å²) in [5.74, 6) is -1.34. The Hall–Kier alpha value is 1.81. The van der Waals surface area contributed by atoms with Gasteiger partial charge in [-0.3, -0.25) is 4.98 Å². The first-order valence-electron chi connectivity index (χ1n) is 3.15. The Labute approximate surface area is 166 Å². The number of hydrogen-bond acceptors (Lipinski definition) is 5. The van der Waals surface area contributed by atoms with Crippen molar-refractivity contribution in [3.8, 4) is 0 Å². The molecule has 0 saturated carbocycles. The van der Waals surface area contributed by atoms with E-state index in [9.17, 15) is 15.2 Å². The molecule has 0 aromatic carbocycles. The van der Waals surface area contributed by atoms with Gasteiger partial charge < -0.3 is 20.0 Å². The minimum Gasteiger partial charge on any atom is -0.723 e. The van der Waals surface area contributed by atoms with Gasteiger partial charge in [-0.15, -0.1) is 0 Å². The molecule has 1 heterocycles. The van der Waals surface area contributed by atoms with Crippen LogP contribution >= 0.6 is 0 Å². The summed E-state index contributed by atoms with van der Waals surface area (Å²) in [7, 11) is 0. The van der Waals surface area contributed by atoms with Crippen LogP contribution in [-0.2, 0) is 11.5 Å². The normalized spacial score (nSPS) is 8.36. The number of hydrogen-bond donors (Lipinski definition) is 0. The van der Waals surface area contributed by atoms with Crippen LogP contribution in [0.1, 0.15) is 16.1 Å². The molecule has 1 aromatic rings. The van der Waals surface area contributed by atoms with E-state index in [2.05, 4.69) is 9.87 Å². The maximum Gasteiger partial charge on any atom is 1.00 e. The molecule has 0 spiro atoms. The minimum atomic E-state index is -1.34. The SMILES string of the molecule is O=C([O-])c1ccc(CO[O-])cn1.[K+].[K+]. The van der Waals surface area contributed by atoms with Gasteiger partial charge in [0.2, 0.25) is 0 Å². The van der Waals surface area contributed by atoms with Crippen LogP contribution in [0.2, 0.25) is 0 Å². The molecule has 0 fully saturated rings. The maximum absolute atomic E-state index is 10.2. The third-order valence-electron chi connectivity index (χ3n) is 1.26. The van der Waals surface area contributed by atoms with Gasteiger partial charge >= 0.3 is 103 Å². The van der Waals surface area contributed by atoms with Gasteiger partial charge in [-0.2, -0.15) is 0 Å². The van der Waals surface area contributed by atoms with E-state index in [1.165, 1.54) is 18.3 Å². The molecule has 1 rings (SSSR count). The van der Waals surface area contributed by atoms with Gasteiger partial charge in [-0.1, -0.05) is 6.07 Å². The van der Waals surface area contributed by atoms with Crippen LogP contribution in [0.3, 0.4) is 0 Å². The van der Waals surface area contributed by atoms with Gasteiger partial charge in [0.25, 0.3) is 0 Å². The van der Waals surface area contributed by atoms with E-state index in [1.54, 1.807) is 0 Å². The van der Waals surface area contributed by atoms with Crippen molar-refractivity contribution in [1.29, 1.82) is 0 Å². The second-order valence-electron chi connectivity index (χ2n) is 2.10. The number of pyridine rings is 1. The monoisotopic (exact) mass is 245 g/mol. The number of aromatic carboxylic acids is 1. The van der Waals surface area contributed by atoms with Crippen molar-refractivity contribution in [2.24, 2.45) is 0 Å². The number of aromatic nitrogens is 1. The van der Waals surface area contributed by atoms with Crippen molar-refractivity contribution >= 4 is 5.97 Å². The molecule has 0 aliphatic heterocycles. The van der Waals surface area contributed by atoms with Crippen molar-refractivity contribution in [2.75, 3.05) is 0 Å². The molecule has 5 nitrogen and oxygen atoms in total. The fraction of sp³-hybridized carbons (Fsp3) is 0.143. The zero-order valence-corrected chi connectivity index (χ0v) is 14.3. The Morgan fingerprint density at radius 1 is 1.43 bits per heavy atom. The van der Waals surface area contributed by atoms with Crippen molar-refractivity contribution < 1.29 is 123 Å². The van der Waals surface area contributed by atoms with Crippen LogP contribution in [0, 0.1) is 0 Å². The molecule has 64 valence electrons. The molecule has 0 amide bonds. The summed E-state index contributed by atoms with van der Waals surface area (Å²) in [5.41, 5.74) is 0.361. The van der Waals surface area contributed by atoms with Crippen LogP contribution in [0.25, 0.3) is 0 Å². The summed E-state index contributed by atoms with van der Waals surface area (Å²) in [6.45, 7) is -0.125. The number of rotatable bonds is 3. The van der Waals surface area contributed by atoms with E-state index in [1.807, 2.05) is 0 Å². The van der Waals surface area contributed by atoms with Gasteiger partial charge in [-0.05, 0) is 11.6 Å². The van der Waals surface area contributed by atoms with E-state index in [0.717, 1.165) is 0 Å². The summed E-state index contributed by atoms with van der Waals surface area (Å²) < 4.78 is 0. The fourth-order valence-corrected chi connectivity index (χ4v) is 0.699. The van der Waals surface area contributed by atoms with Crippen LogP contribution in [0.4, 0.5) is 0 Å². The third-order valence-corrected chi connectivity index (χ3v) is 1.26. The van der Waals surface area contributed by atoms with Crippen molar-refractivity contribution in [3.63, 3.8) is 0 Å². The van der Waals surface area contributed by atoms with Gasteiger partial charge in [-0.25, -0.2) is 0 Å². The van der Waals surface area contributed by atoms with E-state index in [0.29, 0.717) is 5.56 Å². The molecule has 0 bridgehead atoms. The summed E-state index contributed by atoms with van der Waals surface area (Å²) in [6.07, 6.45) is 1.25. The standard InChI is InChI=1S/C7H7NO4.2K/c9-7(10)6-2-1-5(3-8-6)4-12-11;;/h1-3,11H,4H2,(H,9,10);;/q;2*+1/p-2. The Morgan fingerprint density at radius 2 is 2.07 bits per heavy atom. The summed E-state index contributed by atoms with van der Waals surface area (Å²) in [4.78, 5) is 17.3. The predicted molar refractivity (Wildman–Crippen MR) is 33.4 cm³/mol. The van der Waals surface area contributed by atoms with E-state index < -0.39 is 5.97 Å². The Morgan fingerprint density at radius 3 is 2.43 bits per heavy atom. The number of carboxylic acid groups (broad SMARTS) is 1. The predicted octanol–water partition coefficient (Wildman–Crippen LogP) is -7.76. The van der Waals surface area contributed by atoms with Gasteiger partial charge in [0.05, 0.1) is 18.3 Å². The Kier molecular flexibility index (Phi) is 13.0. The van der Waals surface area contributed by atoms with Gasteiger partial charge in [0.15, 0.2) is 0 Å². The first-order valence-corrected chi connectivity index (χ1v) is 3.15. The molecule has 0 atom stereocenters. The van der Waals surface area contributed by atoms with E-state index >= 15 is 0 Å². The maximum atomic E-state index is 10.2. The summed E-state index contributed by atoms with van der Waals surface area (Å²) >= 11 is 0. The molecular weight excluding hydrogens is 240 g/mol. The van der Waals surface area contributed by atoms with E-state index in [-0.39, 0.29) is 115 Å².